The number of hydrogen-bond donors (Lipinski definition) is 2. The highest BCUT2D eigenvalue weighted by Gasteiger charge is 2.20. The van der Waals surface area contributed by atoms with Gasteiger partial charge in [0, 0.05) is 44.3 Å². The van der Waals surface area contributed by atoms with Gasteiger partial charge in [0.2, 0.25) is 0 Å². The smallest absolute Gasteiger partial charge is 0.191 e. The fourth-order valence-corrected chi connectivity index (χ4v) is 3.25. The van der Waals surface area contributed by atoms with Gasteiger partial charge in [-0.2, -0.15) is 0 Å². The lowest BCUT2D eigenvalue weighted by atomic mass is 10.0. The van der Waals surface area contributed by atoms with Crippen molar-refractivity contribution in [3.8, 4) is 0 Å². The van der Waals surface area contributed by atoms with E-state index in [0.717, 1.165) is 63.6 Å². The van der Waals surface area contributed by atoms with Gasteiger partial charge in [-0.05, 0) is 43.5 Å². The Morgan fingerprint density at radius 1 is 1.15 bits per heavy atom. The molecule has 0 unspecified atom stereocenters. The summed E-state index contributed by atoms with van der Waals surface area (Å²) >= 11 is 0. The second-order valence-electron chi connectivity index (χ2n) is 6.73. The number of benzene rings is 1. The second-order valence-corrected chi connectivity index (χ2v) is 6.73. The molecule has 0 atom stereocenters. The van der Waals surface area contributed by atoms with E-state index in [1.807, 2.05) is 12.1 Å². The molecule has 0 aliphatic carbocycles. The minimum absolute atomic E-state index is 0. The molecule has 2 aromatic rings. The highest BCUT2D eigenvalue weighted by atomic mass is 127. The number of rotatable bonds is 7. The second kappa shape index (κ2) is 11.9. The summed E-state index contributed by atoms with van der Waals surface area (Å²) in [4.78, 5) is 7.15. The van der Waals surface area contributed by atoms with Crippen LogP contribution in [-0.2, 0) is 6.42 Å². The summed E-state index contributed by atoms with van der Waals surface area (Å²) in [7, 11) is 0. The van der Waals surface area contributed by atoms with Gasteiger partial charge in [-0.3, -0.25) is 4.99 Å². The van der Waals surface area contributed by atoms with E-state index >= 15 is 0 Å². The van der Waals surface area contributed by atoms with Crippen LogP contribution in [0.5, 0.6) is 0 Å². The number of halogens is 1. The summed E-state index contributed by atoms with van der Waals surface area (Å²) in [6.07, 6.45) is 5.89. The Hall–Kier alpha value is -1.70. The number of furan rings is 1. The molecule has 0 amide bonds. The number of para-hydroxylation sites is 1. The van der Waals surface area contributed by atoms with E-state index < -0.39 is 0 Å². The number of anilines is 1. The first-order valence-electron chi connectivity index (χ1n) is 9.72. The molecule has 148 valence electrons. The van der Waals surface area contributed by atoms with Gasteiger partial charge in [0.1, 0.15) is 5.76 Å². The summed E-state index contributed by atoms with van der Waals surface area (Å²) in [6, 6.07) is 15.1. The molecule has 0 spiro atoms. The SMILES string of the molecule is CCCN=C(NCCc1ccco1)NC1CCN(c2ccccc2)CC1.I. The van der Waals surface area contributed by atoms with E-state index in [2.05, 4.69) is 57.8 Å². The van der Waals surface area contributed by atoms with Crippen molar-refractivity contribution in [1.82, 2.24) is 10.6 Å². The number of nitrogens with zero attached hydrogens (tertiary/aromatic N) is 2. The first kappa shape index (κ1) is 21.6. The fourth-order valence-electron chi connectivity index (χ4n) is 3.25. The van der Waals surface area contributed by atoms with Gasteiger partial charge in [0.25, 0.3) is 0 Å². The van der Waals surface area contributed by atoms with Gasteiger partial charge in [-0.1, -0.05) is 25.1 Å². The molecule has 1 fully saturated rings. The maximum Gasteiger partial charge on any atom is 0.191 e. The van der Waals surface area contributed by atoms with Gasteiger partial charge >= 0.3 is 0 Å². The van der Waals surface area contributed by atoms with Gasteiger partial charge < -0.3 is 20.0 Å². The Morgan fingerprint density at radius 2 is 1.93 bits per heavy atom. The predicted octanol–water partition coefficient (Wildman–Crippen LogP) is 4.05. The quantitative estimate of drug-likeness (QED) is 0.355. The number of guanidine groups is 1. The maximum absolute atomic E-state index is 5.39. The predicted molar refractivity (Wildman–Crippen MR) is 123 cm³/mol. The molecule has 5 nitrogen and oxygen atoms in total. The molecule has 0 bridgehead atoms. The number of hydrogen-bond acceptors (Lipinski definition) is 3. The lowest BCUT2D eigenvalue weighted by Crippen LogP contribution is -2.49. The van der Waals surface area contributed by atoms with Gasteiger partial charge in [-0.25, -0.2) is 0 Å². The number of nitrogens with one attached hydrogen (secondary N) is 2. The molecule has 0 radical (unpaired) electrons. The van der Waals surface area contributed by atoms with Crippen molar-refractivity contribution in [3.05, 3.63) is 54.5 Å². The summed E-state index contributed by atoms with van der Waals surface area (Å²) in [5.41, 5.74) is 1.32. The summed E-state index contributed by atoms with van der Waals surface area (Å²) < 4.78 is 5.39. The Kier molecular flexibility index (Phi) is 9.52. The molecule has 2 N–H and O–H groups in total. The monoisotopic (exact) mass is 482 g/mol. The summed E-state index contributed by atoms with van der Waals surface area (Å²) in [5.74, 6) is 1.93. The van der Waals surface area contributed by atoms with Crippen molar-refractivity contribution in [2.45, 2.75) is 38.6 Å². The van der Waals surface area contributed by atoms with E-state index in [-0.39, 0.29) is 24.0 Å². The molecule has 1 aromatic heterocycles. The standard InChI is InChI=1S/C21H30N4O.HI/c1-2-13-22-21(23-14-10-20-9-6-17-26-20)24-18-11-15-25(16-12-18)19-7-4-3-5-8-19;/h3-9,17-18H,2,10-16H2,1H3,(H2,22,23,24);1H. The Morgan fingerprint density at radius 3 is 2.59 bits per heavy atom. The first-order chi connectivity index (χ1) is 12.8. The highest BCUT2D eigenvalue weighted by molar-refractivity contribution is 14.0. The van der Waals surface area contributed by atoms with E-state index in [9.17, 15) is 0 Å². The van der Waals surface area contributed by atoms with Crippen molar-refractivity contribution in [2.24, 2.45) is 4.99 Å². The van der Waals surface area contributed by atoms with E-state index in [0.29, 0.717) is 6.04 Å². The zero-order chi connectivity index (χ0) is 18.0. The summed E-state index contributed by atoms with van der Waals surface area (Å²) in [5, 5.41) is 7.07. The molecule has 6 heteroatoms. The average molecular weight is 482 g/mol. The van der Waals surface area contributed by atoms with Crippen LogP contribution in [0.25, 0.3) is 0 Å². The third-order valence-electron chi connectivity index (χ3n) is 4.69. The van der Waals surface area contributed by atoms with Crippen LogP contribution < -0.4 is 15.5 Å². The van der Waals surface area contributed by atoms with E-state index in [4.69, 9.17) is 4.42 Å². The molecule has 1 aromatic carbocycles. The van der Waals surface area contributed by atoms with Crippen LogP contribution in [-0.4, -0.2) is 38.2 Å². The minimum Gasteiger partial charge on any atom is -0.469 e. The highest BCUT2D eigenvalue weighted by Crippen LogP contribution is 2.19. The molecule has 1 aliphatic rings. The third-order valence-corrected chi connectivity index (χ3v) is 4.69. The molecule has 0 saturated carbocycles. The van der Waals surface area contributed by atoms with Crippen LogP contribution in [0, 0.1) is 0 Å². The molecular formula is C21H31IN4O. The molecule has 1 saturated heterocycles. The van der Waals surface area contributed by atoms with Crippen molar-refractivity contribution in [1.29, 1.82) is 0 Å². The van der Waals surface area contributed by atoms with Crippen molar-refractivity contribution >= 4 is 35.6 Å². The van der Waals surface area contributed by atoms with E-state index in [1.165, 1.54) is 5.69 Å². The molecule has 27 heavy (non-hydrogen) atoms. The molecule has 2 heterocycles. The molecule has 3 rings (SSSR count). The van der Waals surface area contributed by atoms with Crippen molar-refractivity contribution < 1.29 is 4.42 Å². The van der Waals surface area contributed by atoms with Crippen LogP contribution in [0.15, 0.2) is 58.1 Å². The molecule has 1 aliphatic heterocycles. The largest absolute Gasteiger partial charge is 0.469 e. The Bertz CT molecular complexity index is 652. The molecular weight excluding hydrogens is 451 g/mol. The number of piperidine rings is 1. The third kappa shape index (κ3) is 7.08. The van der Waals surface area contributed by atoms with Crippen molar-refractivity contribution in [3.63, 3.8) is 0 Å². The first-order valence-corrected chi connectivity index (χ1v) is 9.72. The number of aliphatic imine (C=N–C) groups is 1. The maximum atomic E-state index is 5.39. The lowest BCUT2D eigenvalue weighted by Gasteiger charge is -2.34. The van der Waals surface area contributed by atoms with Crippen LogP contribution >= 0.6 is 24.0 Å². The van der Waals surface area contributed by atoms with Crippen LogP contribution in [0.4, 0.5) is 5.69 Å². The Balaban J connectivity index is 0.00000261. The van der Waals surface area contributed by atoms with Gasteiger partial charge in [0.05, 0.1) is 6.26 Å². The fraction of sp³-hybridized carbons (Fsp3) is 0.476. The topological polar surface area (TPSA) is 52.8 Å². The minimum atomic E-state index is 0. The lowest BCUT2D eigenvalue weighted by molar-refractivity contribution is 0.460. The Labute approximate surface area is 179 Å². The van der Waals surface area contributed by atoms with E-state index in [1.54, 1.807) is 6.26 Å². The zero-order valence-electron chi connectivity index (χ0n) is 16.1. The van der Waals surface area contributed by atoms with Crippen molar-refractivity contribution in [2.75, 3.05) is 31.1 Å². The average Bonchev–Trinajstić information content (AvgIpc) is 3.21. The normalized spacial score (nSPS) is 15.3. The van der Waals surface area contributed by atoms with Crippen LogP contribution in [0.2, 0.25) is 0 Å². The van der Waals surface area contributed by atoms with Gasteiger partial charge in [-0.15, -0.1) is 24.0 Å². The summed E-state index contributed by atoms with van der Waals surface area (Å²) in [6.45, 7) is 5.98. The van der Waals surface area contributed by atoms with Gasteiger partial charge in [0.15, 0.2) is 5.96 Å². The van der Waals surface area contributed by atoms with Crippen LogP contribution in [0.1, 0.15) is 31.9 Å². The van der Waals surface area contributed by atoms with Crippen LogP contribution in [0.3, 0.4) is 0 Å². The zero-order valence-corrected chi connectivity index (χ0v) is 18.4.